The molecule has 0 aromatic heterocycles. The summed E-state index contributed by atoms with van der Waals surface area (Å²) in [6.45, 7) is 0. The van der Waals surface area contributed by atoms with E-state index >= 15 is 0 Å². The van der Waals surface area contributed by atoms with Gasteiger partial charge >= 0.3 is 0 Å². The van der Waals surface area contributed by atoms with Gasteiger partial charge in [0, 0.05) is 11.3 Å². The summed E-state index contributed by atoms with van der Waals surface area (Å²) in [5.41, 5.74) is 8.61. The van der Waals surface area contributed by atoms with Crippen LogP contribution in [0.15, 0.2) is 30.3 Å². The fraction of sp³-hybridized carbons (Fsp3) is 0.0725. The molecule has 29 aromatic rings. The van der Waals surface area contributed by atoms with Gasteiger partial charge in [-0.05, 0) is 338 Å². The van der Waals surface area contributed by atoms with Crippen molar-refractivity contribution in [2.45, 2.75) is 30.6 Å². The number of rotatable bonds is 4. The van der Waals surface area contributed by atoms with Crippen LogP contribution in [0.3, 0.4) is 0 Å². The monoisotopic (exact) mass is 840 g/mol. The molecule has 0 aliphatic heterocycles. The number of hydrogen-bond acceptors (Lipinski definition) is 0. The molecule has 69 heavy (non-hydrogen) atoms. The number of hydrogen-bond donors (Lipinski definition) is 0. The first-order chi connectivity index (χ1) is 34.4. The van der Waals surface area contributed by atoms with Crippen LogP contribution in [0.5, 0.6) is 0 Å². The minimum Gasteiger partial charge on any atom is -0.0622 e. The first-order valence-corrected chi connectivity index (χ1v) is 26.2. The van der Waals surface area contributed by atoms with E-state index in [-0.39, 0.29) is 5.41 Å². The third-order valence-corrected chi connectivity index (χ3v) is 25.2. The van der Waals surface area contributed by atoms with Crippen LogP contribution in [-0.4, -0.2) is 0 Å². The predicted molar refractivity (Wildman–Crippen MR) is 294 cm³/mol. The van der Waals surface area contributed by atoms with E-state index in [0.29, 0.717) is 5.92 Å². The van der Waals surface area contributed by atoms with Gasteiger partial charge in [-0.25, -0.2) is 0 Å². The Balaban J connectivity index is 1.14. The van der Waals surface area contributed by atoms with Crippen molar-refractivity contribution in [3.05, 3.63) is 58.1 Å². The molecule has 0 amide bonds. The van der Waals surface area contributed by atoms with E-state index in [9.17, 15) is 0 Å². The van der Waals surface area contributed by atoms with Crippen LogP contribution in [0, 0.1) is 0 Å². The molecular formula is C69H12. The smallest absolute Gasteiger partial charge is 0.0338 e. The summed E-state index contributed by atoms with van der Waals surface area (Å²) in [7, 11) is 0. The van der Waals surface area contributed by atoms with E-state index in [2.05, 4.69) is 30.3 Å². The van der Waals surface area contributed by atoms with Crippen LogP contribution in [0.25, 0.3) is 291 Å². The Morgan fingerprint density at radius 2 is 0.449 bits per heavy atom. The molecular weight excluding hydrogens is 829 g/mol. The molecule has 2 atom stereocenters. The summed E-state index contributed by atoms with van der Waals surface area (Å²) in [5.74, 6) is 0.346. The highest BCUT2D eigenvalue weighted by molar-refractivity contribution is 6.82. The lowest BCUT2D eigenvalue weighted by atomic mass is 9.57. The molecule has 33 rings (SSSR count). The summed E-state index contributed by atoms with van der Waals surface area (Å²) in [6.07, 6.45) is 3.56. The van der Waals surface area contributed by atoms with Crippen molar-refractivity contribution in [2.75, 3.05) is 0 Å². The summed E-state index contributed by atoms with van der Waals surface area (Å²) in [4.78, 5) is 0. The molecule has 0 nitrogen and oxygen atoms in total. The molecule has 0 saturated carbocycles. The van der Waals surface area contributed by atoms with Crippen LogP contribution in [0.2, 0.25) is 0 Å². The first-order valence-electron chi connectivity index (χ1n) is 26.2. The highest BCUT2D eigenvalue weighted by Gasteiger charge is 2.62. The maximum atomic E-state index is 2.41. The van der Waals surface area contributed by atoms with E-state index in [1.165, 1.54) is 18.4 Å². The fourth-order valence-corrected chi connectivity index (χ4v) is 25.0. The van der Waals surface area contributed by atoms with Gasteiger partial charge in [0.1, 0.15) is 0 Å². The van der Waals surface area contributed by atoms with Crippen LogP contribution < -0.4 is 0 Å². The highest BCUT2D eigenvalue weighted by atomic mass is 14.6. The van der Waals surface area contributed by atoms with Crippen molar-refractivity contribution in [1.29, 1.82) is 0 Å². The largest absolute Gasteiger partial charge is 0.0622 e. The maximum Gasteiger partial charge on any atom is 0.0338 e. The number of aryl methyl sites for hydroxylation is 1. The Morgan fingerprint density at radius 3 is 0.797 bits per heavy atom. The van der Waals surface area contributed by atoms with Crippen molar-refractivity contribution in [1.82, 2.24) is 0 Å². The standard InChI is InChI=1S/C69H12/c1-2-5-9(6-3-1)7-4-8-69-66-62-56-42-34-26-14-11-10-12-15(14)27-29-25-19(12)21-17-13(10)16-20-18(11)24-28(26)40(42)48-46-32(24)30(20)38-36-22(16)23(17)37-39-31(21)33(25)47-49-41(29)43(35(27)34)57(56)63(66)59(49)61-53(47)51(39)55-45(37)44(36)54-50(38)52(46)60(58(48)62)67(69)64(54)65(55)68(61)69/h1-3,5-6,67H,4,7-8H2. The van der Waals surface area contributed by atoms with E-state index in [4.69, 9.17) is 0 Å². The van der Waals surface area contributed by atoms with Crippen molar-refractivity contribution >= 4 is 291 Å². The van der Waals surface area contributed by atoms with Crippen LogP contribution in [0.4, 0.5) is 0 Å². The van der Waals surface area contributed by atoms with E-state index in [1.54, 1.807) is 302 Å². The fourth-order valence-electron chi connectivity index (χ4n) is 25.0. The molecule has 0 bridgehead atoms. The second-order valence-corrected chi connectivity index (χ2v) is 25.6. The molecule has 0 radical (unpaired) electrons. The van der Waals surface area contributed by atoms with Crippen molar-refractivity contribution < 1.29 is 0 Å². The van der Waals surface area contributed by atoms with Gasteiger partial charge in [0.15, 0.2) is 0 Å². The van der Waals surface area contributed by atoms with E-state index < -0.39 is 0 Å². The van der Waals surface area contributed by atoms with Gasteiger partial charge in [0.25, 0.3) is 0 Å². The number of benzene rings is 18. The SMILES string of the molecule is c1ccc(CCCC23c4c5c6c7c8c9c(c%10c%11c2c2c%12c4c4c%13c5c5c7c7c8c8c%14c9c%10c9c%10c%11c2c2c%11c%12c4c4c%12c%13c5c5c7c7c8c8c%14c9c9c%10c2c2c%11c4c4c%12c5c7c5c8c9c2c45)C63)cc1. The zero-order valence-corrected chi connectivity index (χ0v) is 35.6. The van der Waals surface area contributed by atoms with Crippen LogP contribution in [0.1, 0.15) is 46.6 Å². The third kappa shape index (κ3) is 1.43. The van der Waals surface area contributed by atoms with Gasteiger partial charge in [-0.2, -0.15) is 0 Å². The Bertz CT molecular complexity index is 7340. The molecule has 288 valence electrons. The van der Waals surface area contributed by atoms with Gasteiger partial charge < -0.3 is 0 Å². The van der Waals surface area contributed by atoms with Crippen LogP contribution >= 0.6 is 0 Å². The zero-order valence-electron chi connectivity index (χ0n) is 35.6. The summed E-state index contributed by atoms with van der Waals surface area (Å²) in [6, 6.07) is 11.6. The molecule has 4 aliphatic rings. The lowest BCUT2D eigenvalue weighted by Gasteiger charge is -2.44. The van der Waals surface area contributed by atoms with E-state index in [0.717, 1.165) is 6.42 Å². The molecule has 0 saturated heterocycles. The summed E-state index contributed by atoms with van der Waals surface area (Å²) in [5, 5.41) is 91.3. The molecule has 0 heterocycles. The topological polar surface area (TPSA) is 0 Å². The molecule has 0 N–H and O–H groups in total. The third-order valence-electron chi connectivity index (χ3n) is 25.2. The van der Waals surface area contributed by atoms with Gasteiger partial charge in [-0.15, -0.1) is 0 Å². The van der Waals surface area contributed by atoms with Crippen molar-refractivity contribution in [2.24, 2.45) is 0 Å². The second-order valence-electron chi connectivity index (χ2n) is 25.6. The molecule has 4 aliphatic carbocycles. The lowest BCUT2D eigenvalue weighted by Crippen LogP contribution is -2.36. The first kappa shape index (κ1) is 25.7. The quantitative estimate of drug-likeness (QED) is 0.155. The molecule has 0 fully saturated rings. The van der Waals surface area contributed by atoms with E-state index in [1.807, 2.05) is 11.1 Å². The predicted octanol–water partition coefficient (Wildman–Crippen LogP) is 19.2. The van der Waals surface area contributed by atoms with Gasteiger partial charge in [-0.1, -0.05) is 30.3 Å². The minimum absolute atomic E-state index is 0.111. The molecule has 2 unspecified atom stereocenters. The Morgan fingerprint density at radius 1 is 0.232 bits per heavy atom. The zero-order chi connectivity index (χ0) is 40.8. The van der Waals surface area contributed by atoms with Gasteiger partial charge in [0.2, 0.25) is 0 Å². The van der Waals surface area contributed by atoms with Crippen molar-refractivity contribution in [3.8, 4) is 0 Å². The average molecular weight is 841 g/mol. The Kier molecular flexibility index (Phi) is 2.22. The Labute approximate surface area is 377 Å². The maximum absolute atomic E-state index is 2.41. The minimum atomic E-state index is -0.111. The normalized spacial score (nSPS) is 20.8. The summed E-state index contributed by atoms with van der Waals surface area (Å²) >= 11 is 0. The Hall–Kier alpha value is -8.32. The lowest BCUT2D eigenvalue weighted by molar-refractivity contribution is 0.433. The molecule has 0 heteroatoms. The highest BCUT2D eigenvalue weighted by Crippen LogP contribution is 2.84. The van der Waals surface area contributed by atoms with Crippen LogP contribution in [-0.2, 0) is 11.8 Å². The molecule has 0 spiro atoms. The second kappa shape index (κ2) is 5.96. The van der Waals surface area contributed by atoms with Crippen molar-refractivity contribution in [3.63, 3.8) is 0 Å². The average Bonchev–Trinajstić information content (AvgIpc) is 4.26. The van der Waals surface area contributed by atoms with Gasteiger partial charge in [0.05, 0.1) is 0 Å². The molecule has 29 aromatic carbocycles. The van der Waals surface area contributed by atoms with Gasteiger partial charge in [-0.3, -0.25) is 0 Å². The summed E-state index contributed by atoms with van der Waals surface area (Å²) < 4.78 is 0.